The van der Waals surface area contributed by atoms with Crippen molar-refractivity contribution in [2.75, 3.05) is 0 Å². The molecule has 12 rings (SSSR count). The standard InChI is InChI=1S/C70H48O8/c71-63(72)55-9-1-5-51(37-55)17-13-47-21-29-59(30-22-47)67-41-68(60-31-23-48(24-32-60)14-18-52-6-2-10-56(38-52)64(73)74)44-69(42-67,61-33-25-49(26-34-61)15-19-53-7-3-11-57(39-53)65(75)76)46-70(43-67,45-68)62-35-27-50(28-36-62)16-20-54-8-4-12-58(40-54)66(77)78/h1-12,21-40H,41-46H2,(H,71,72)(H,73,74)(H,75,76)(H,77,78). The molecule has 4 aliphatic rings. The smallest absolute Gasteiger partial charge is 0.335 e. The molecule has 0 spiro atoms. The average molecular weight is 1020 g/mol. The van der Waals surface area contributed by atoms with Crippen molar-refractivity contribution in [1.29, 1.82) is 0 Å². The summed E-state index contributed by atoms with van der Waals surface area (Å²) in [4.78, 5) is 46.8. The molecular formula is C70H48O8. The topological polar surface area (TPSA) is 149 Å². The van der Waals surface area contributed by atoms with E-state index in [1.165, 1.54) is 22.3 Å². The van der Waals surface area contributed by atoms with Gasteiger partial charge in [-0.3, -0.25) is 0 Å². The lowest BCUT2D eigenvalue weighted by molar-refractivity contribution is -0.0691. The Bertz CT molecular complexity index is 3440. The van der Waals surface area contributed by atoms with Crippen LogP contribution in [0.3, 0.4) is 0 Å². The van der Waals surface area contributed by atoms with Crippen LogP contribution in [0.25, 0.3) is 0 Å². The first-order valence-corrected chi connectivity index (χ1v) is 25.5. The molecule has 0 amide bonds. The molecule has 8 aromatic carbocycles. The van der Waals surface area contributed by atoms with E-state index in [2.05, 4.69) is 144 Å². The zero-order valence-corrected chi connectivity index (χ0v) is 42.1. The number of rotatable bonds is 8. The zero-order chi connectivity index (χ0) is 54.1. The summed E-state index contributed by atoms with van der Waals surface area (Å²) in [5.41, 5.74) is 10.1. The third kappa shape index (κ3) is 10.1. The first-order chi connectivity index (χ1) is 37.7. The fourth-order valence-electron chi connectivity index (χ4n) is 13.0. The van der Waals surface area contributed by atoms with E-state index in [-0.39, 0.29) is 43.9 Å². The van der Waals surface area contributed by atoms with E-state index in [0.29, 0.717) is 22.3 Å². The molecule has 0 aliphatic heterocycles. The van der Waals surface area contributed by atoms with Crippen LogP contribution in [0.15, 0.2) is 194 Å². The van der Waals surface area contributed by atoms with E-state index in [4.69, 9.17) is 0 Å². The number of benzene rings is 8. The van der Waals surface area contributed by atoms with Crippen LogP contribution >= 0.6 is 0 Å². The Kier molecular flexibility index (Phi) is 13.0. The van der Waals surface area contributed by atoms with Gasteiger partial charge in [0.25, 0.3) is 0 Å². The van der Waals surface area contributed by atoms with E-state index < -0.39 is 23.9 Å². The van der Waals surface area contributed by atoms with Crippen molar-refractivity contribution in [3.8, 4) is 47.4 Å². The van der Waals surface area contributed by atoms with Gasteiger partial charge in [0.05, 0.1) is 22.3 Å². The number of hydrogen-bond donors (Lipinski definition) is 4. The normalized spacial score (nSPS) is 20.2. The minimum absolute atomic E-state index is 0.179. The summed E-state index contributed by atoms with van der Waals surface area (Å²) in [6, 6.07) is 61.0. The van der Waals surface area contributed by atoms with Gasteiger partial charge in [-0.2, -0.15) is 0 Å². The van der Waals surface area contributed by atoms with Crippen molar-refractivity contribution in [3.05, 3.63) is 283 Å². The summed E-state index contributed by atoms with van der Waals surface area (Å²) in [7, 11) is 0. The highest BCUT2D eigenvalue weighted by atomic mass is 16.4. The molecular weight excluding hydrogens is 969 g/mol. The Balaban J connectivity index is 1.03. The summed E-state index contributed by atoms with van der Waals surface area (Å²) < 4.78 is 0. The highest BCUT2D eigenvalue weighted by molar-refractivity contribution is 5.89. The van der Waals surface area contributed by atoms with Gasteiger partial charge in [-0.05, 0) is 204 Å². The molecule has 8 nitrogen and oxygen atoms in total. The summed E-state index contributed by atoms with van der Waals surface area (Å²) >= 11 is 0. The Morgan fingerprint density at radius 1 is 0.256 bits per heavy atom. The summed E-state index contributed by atoms with van der Waals surface area (Å²) in [5.74, 6) is 21.8. The molecule has 8 heteroatoms. The van der Waals surface area contributed by atoms with Gasteiger partial charge in [0.15, 0.2) is 0 Å². The third-order valence-electron chi connectivity index (χ3n) is 15.9. The van der Waals surface area contributed by atoms with Crippen LogP contribution in [0, 0.1) is 47.4 Å². The maximum atomic E-state index is 11.7. The van der Waals surface area contributed by atoms with Crippen molar-refractivity contribution in [2.24, 2.45) is 0 Å². The van der Waals surface area contributed by atoms with E-state index in [0.717, 1.165) is 60.8 Å². The molecule has 0 saturated heterocycles. The molecule has 376 valence electrons. The van der Waals surface area contributed by atoms with Crippen LogP contribution in [-0.4, -0.2) is 44.3 Å². The number of aromatic carboxylic acids is 4. The summed E-state index contributed by atoms with van der Waals surface area (Å²) in [6.45, 7) is 0. The first kappa shape index (κ1) is 50.1. The van der Waals surface area contributed by atoms with E-state index >= 15 is 0 Å². The molecule has 0 unspecified atom stereocenters. The lowest BCUT2D eigenvalue weighted by atomic mass is 9.32. The van der Waals surface area contributed by atoms with E-state index in [1.54, 1.807) is 97.1 Å². The second-order valence-electron chi connectivity index (χ2n) is 21.0. The first-order valence-electron chi connectivity index (χ1n) is 25.5. The third-order valence-corrected chi connectivity index (χ3v) is 15.9. The Hall–Kier alpha value is -10.1. The number of carbonyl (C=O) groups is 4. The van der Waals surface area contributed by atoms with E-state index in [1.807, 2.05) is 0 Å². The van der Waals surface area contributed by atoms with Gasteiger partial charge < -0.3 is 20.4 Å². The summed E-state index contributed by atoms with van der Waals surface area (Å²) in [6.07, 6.45) is 5.34. The predicted octanol–water partition coefficient (Wildman–Crippen LogP) is 12.5. The molecule has 0 atom stereocenters. The lowest BCUT2D eigenvalue weighted by Gasteiger charge is -2.71. The van der Waals surface area contributed by atoms with Crippen LogP contribution in [0.1, 0.15) is 147 Å². The Labute approximate surface area is 452 Å². The van der Waals surface area contributed by atoms with Crippen LogP contribution < -0.4 is 0 Å². The van der Waals surface area contributed by atoms with Gasteiger partial charge in [-0.25, -0.2) is 19.2 Å². The van der Waals surface area contributed by atoms with Crippen LogP contribution in [0.5, 0.6) is 0 Å². The Morgan fingerprint density at radius 2 is 0.436 bits per heavy atom. The number of hydrogen-bond acceptors (Lipinski definition) is 4. The van der Waals surface area contributed by atoms with Crippen molar-refractivity contribution >= 4 is 23.9 Å². The number of carboxylic acid groups (broad SMARTS) is 4. The molecule has 4 fully saturated rings. The average Bonchev–Trinajstić information content (AvgIpc) is 3.39. The highest BCUT2D eigenvalue weighted by Crippen LogP contribution is 2.74. The van der Waals surface area contributed by atoms with E-state index in [9.17, 15) is 39.6 Å². The van der Waals surface area contributed by atoms with Crippen molar-refractivity contribution in [3.63, 3.8) is 0 Å². The molecule has 78 heavy (non-hydrogen) atoms. The van der Waals surface area contributed by atoms with Gasteiger partial charge >= 0.3 is 23.9 Å². The van der Waals surface area contributed by atoms with Crippen LogP contribution in [0.2, 0.25) is 0 Å². The van der Waals surface area contributed by atoms with Crippen molar-refractivity contribution in [2.45, 2.75) is 60.2 Å². The van der Waals surface area contributed by atoms with Gasteiger partial charge in [-0.1, -0.05) is 120 Å². The highest BCUT2D eigenvalue weighted by Gasteiger charge is 2.69. The molecule has 4 aliphatic carbocycles. The van der Waals surface area contributed by atoms with Crippen LogP contribution in [0.4, 0.5) is 0 Å². The van der Waals surface area contributed by atoms with Crippen molar-refractivity contribution in [1.82, 2.24) is 0 Å². The van der Waals surface area contributed by atoms with Gasteiger partial charge in [-0.15, -0.1) is 0 Å². The largest absolute Gasteiger partial charge is 0.478 e. The number of carboxylic acids is 4. The van der Waals surface area contributed by atoms with Crippen molar-refractivity contribution < 1.29 is 39.6 Å². The lowest BCUT2D eigenvalue weighted by Crippen LogP contribution is -2.67. The fourth-order valence-corrected chi connectivity index (χ4v) is 13.0. The van der Waals surface area contributed by atoms with Gasteiger partial charge in [0, 0.05) is 44.5 Å². The molecule has 4 N–H and O–H groups in total. The van der Waals surface area contributed by atoms with Gasteiger partial charge in [0.1, 0.15) is 0 Å². The second kappa shape index (κ2) is 20.2. The molecule has 4 saturated carbocycles. The zero-order valence-electron chi connectivity index (χ0n) is 42.1. The SMILES string of the molecule is O=C(O)c1cccc(C#Cc2ccc(C34CC5(c6ccc(C#Cc7cccc(C(=O)O)c7)cc6)CC(c6ccc(C#Cc7cccc(C(=O)O)c7)cc6)(C3)CC(c3ccc(C#Cc6cccc(C(=O)O)c6)cc3)(C4)C5)cc2)c1. The molecule has 0 heterocycles. The fraction of sp³-hybridized carbons (Fsp3) is 0.143. The molecule has 8 aromatic rings. The quantitative estimate of drug-likeness (QED) is 0.110. The predicted molar refractivity (Wildman–Crippen MR) is 298 cm³/mol. The molecule has 0 radical (unpaired) electrons. The Morgan fingerprint density at radius 3 is 0.615 bits per heavy atom. The maximum absolute atomic E-state index is 11.7. The molecule has 4 bridgehead atoms. The van der Waals surface area contributed by atoms with Crippen LogP contribution in [-0.2, 0) is 21.7 Å². The molecule has 0 aromatic heterocycles. The minimum atomic E-state index is -1.01. The monoisotopic (exact) mass is 1020 g/mol. The van der Waals surface area contributed by atoms with Gasteiger partial charge in [0.2, 0.25) is 0 Å². The summed E-state index contributed by atoms with van der Waals surface area (Å²) in [5, 5.41) is 38.4. The minimum Gasteiger partial charge on any atom is -0.478 e. The maximum Gasteiger partial charge on any atom is 0.335 e. The second-order valence-corrected chi connectivity index (χ2v) is 21.0.